The molecule has 0 radical (unpaired) electrons. The molecule has 1 rings (SSSR count). The van der Waals surface area contributed by atoms with E-state index < -0.39 is 0 Å². The number of ether oxygens (including phenoxy) is 1. The molecule has 3 nitrogen and oxygen atoms in total. The normalized spacial score (nSPS) is 11.0. The van der Waals surface area contributed by atoms with Crippen LogP contribution in [0.1, 0.15) is 24.2 Å². The fourth-order valence-electron chi connectivity index (χ4n) is 1.21. The van der Waals surface area contributed by atoms with Crippen LogP contribution in [0.25, 0.3) is 0 Å². The van der Waals surface area contributed by atoms with E-state index in [9.17, 15) is 9.59 Å². The van der Waals surface area contributed by atoms with E-state index in [0.29, 0.717) is 12.2 Å². The van der Waals surface area contributed by atoms with Crippen LogP contribution in [-0.2, 0) is 9.53 Å². The molecule has 0 spiro atoms. The second-order valence-electron chi connectivity index (χ2n) is 3.24. The molecular weight excluding hydrogens is 204 g/mol. The number of Topliss-reactive ketones (excluding diaryl/α,β-unsaturated/α-hetero) is 2. The fourth-order valence-corrected chi connectivity index (χ4v) is 1.21. The van der Waals surface area contributed by atoms with E-state index in [0.717, 1.165) is 0 Å². The molecule has 0 N–H and O–H groups in total. The number of carbonyl (C=O) groups excluding carboxylic acids is 2. The number of carbonyl (C=O) groups is 2. The Morgan fingerprint density at radius 2 is 1.88 bits per heavy atom. The lowest BCUT2D eigenvalue weighted by molar-refractivity contribution is -0.113. The van der Waals surface area contributed by atoms with Crippen molar-refractivity contribution in [3.05, 3.63) is 47.7 Å². The first-order chi connectivity index (χ1) is 7.66. The summed E-state index contributed by atoms with van der Waals surface area (Å²) in [5.74, 6) is -0.594. The molecule has 16 heavy (non-hydrogen) atoms. The summed E-state index contributed by atoms with van der Waals surface area (Å²) in [5.41, 5.74) is 0.566. The average molecular weight is 218 g/mol. The van der Waals surface area contributed by atoms with Gasteiger partial charge in [-0.05, 0) is 13.8 Å². The van der Waals surface area contributed by atoms with Gasteiger partial charge in [0, 0.05) is 5.56 Å². The zero-order valence-corrected chi connectivity index (χ0v) is 9.40. The first kappa shape index (κ1) is 12.2. The third kappa shape index (κ3) is 3.05. The predicted octanol–water partition coefficient (Wildman–Crippen LogP) is 2.38. The minimum Gasteiger partial charge on any atom is -0.501 e. The zero-order valence-electron chi connectivity index (χ0n) is 9.40. The van der Waals surface area contributed by atoms with E-state index in [4.69, 9.17) is 4.74 Å². The van der Waals surface area contributed by atoms with E-state index in [-0.39, 0.29) is 17.1 Å². The molecule has 0 heterocycles. The van der Waals surface area contributed by atoms with Gasteiger partial charge < -0.3 is 4.74 Å². The molecule has 3 heteroatoms. The molecule has 0 amide bonds. The maximum atomic E-state index is 11.9. The van der Waals surface area contributed by atoms with E-state index in [1.54, 1.807) is 31.2 Å². The van der Waals surface area contributed by atoms with Crippen molar-refractivity contribution in [2.24, 2.45) is 0 Å². The number of ketones is 2. The molecule has 0 fully saturated rings. The maximum absolute atomic E-state index is 11.9. The van der Waals surface area contributed by atoms with Crippen molar-refractivity contribution in [2.45, 2.75) is 13.8 Å². The van der Waals surface area contributed by atoms with Gasteiger partial charge in [0.15, 0.2) is 11.6 Å². The molecule has 0 saturated carbocycles. The van der Waals surface area contributed by atoms with Gasteiger partial charge in [-0.2, -0.15) is 0 Å². The second-order valence-corrected chi connectivity index (χ2v) is 3.24. The number of hydrogen-bond acceptors (Lipinski definition) is 3. The van der Waals surface area contributed by atoms with Crippen molar-refractivity contribution >= 4 is 11.6 Å². The molecular formula is C13H14O3. The summed E-state index contributed by atoms with van der Waals surface area (Å²) in [6, 6.07) is 8.67. The highest BCUT2D eigenvalue weighted by molar-refractivity contribution is 6.25. The van der Waals surface area contributed by atoms with Gasteiger partial charge in [0.25, 0.3) is 0 Å². The van der Waals surface area contributed by atoms with Crippen LogP contribution in [0, 0.1) is 0 Å². The van der Waals surface area contributed by atoms with Crippen LogP contribution in [0.4, 0.5) is 0 Å². The van der Waals surface area contributed by atoms with Gasteiger partial charge >= 0.3 is 0 Å². The number of benzene rings is 1. The highest BCUT2D eigenvalue weighted by Gasteiger charge is 2.16. The van der Waals surface area contributed by atoms with Crippen LogP contribution in [0.2, 0.25) is 0 Å². The largest absolute Gasteiger partial charge is 0.501 e. The fraction of sp³-hybridized carbons (Fsp3) is 0.231. The van der Waals surface area contributed by atoms with Crippen LogP contribution in [0.15, 0.2) is 42.2 Å². The minimum atomic E-state index is -0.304. The summed E-state index contributed by atoms with van der Waals surface area (Å²) >= 11 is 0. The molecule has 0 atom stereocenters. The summed E-state index contributed by atoms with van der Waals surface area (Å²) in [5, 5.41) is 0. The quantitative estimate of drug-likeness (QED) is 0.250. The first-order valence-corrected chi connectivity index (χ1v) is 5.09. The van der Waals surface area contributed by atoms with E-state index in [2.05, 4.69) is 0 Å². The highest BCUT2D eigenvalue weighted by Crippen LogP contribution is 2.09. The van der Waals surface area contributed by atoms with Gasteiger partial charge in [-0.25, -0.2) is 0 Å². The molecule has 0 saturated heterocycles. The Bertz CT molecular complexity index is 404. The van der Waals surface area contributed by atoms with E-state index >= 15 is 0 Å². The standard InChI is InChI=1S/C13H14O3/c1-3-16-9-12(10(2)14)13(15)11-7-5-4-6-8-11/h4-9H,3H2,1-2H3/b12-9+. The topological polar surface area (TPSA) is 43.4 Å². The predicted molar refractivity (Wildman–Crippen MR) is 61.2 cm³/mol. The average Bonchev–Trinajstić information content (AvgIpc) is 2.30. The Hall–Kier alpha value is -1.90. The molecule has 1 aromatic rings. The highest BCUT2D eigenvalue weighted by atomic mass is 16.5. The Labute approximate surface area is 94.7 Å². The summed E-state index contributed by atoms with van der Waals surface area (Å²) in [7, 11) is 0. The summed E-state index contributed by atoms with van der Waals surface area (Å²) < 4.78 is 5.00. The first-order valence-electron chi connectivity index (χ1n) is 5.09. The van der Waals surface area contributed by atoms with Gasteiger partial charge in [-0.1, -0.05) is 30.3 Å². The molecule has 0 unspecified atom stereocenters. The van der Waals surface area contributed by atoms with Gasteiger partial charge in [-0.3, -0.25) is 9.59 Å². The smallest absolute Gasteiger partial charge is 0.199 e. The number of hydrogen-bond donors (Lipinski definition) is 0. The minimum absolute atomic E-state index is 0.0769. The molecule has 0 bridgehead atoms. The number of allylic oxidation sites excluding steroid dienone is 1. The van der Waals surface area contributed by atoms with E-state index in [1.165, 1.54) is 13.2 Å². The van der Waals surface area contributed by atoms with Crippen molar-refractivity contribution < 1.29 is 14.3 Å². The Balaban J connectivity index is 2.97. The molecule has 0 aliphatic heterocycles. The zero-order chi connectivity index (χ0) is 12.0. The third-order valence-corrected chi connectivity index (χ3v) is 2.03. The summed E-state index contributed by atoms with van der Waals surface area (Å²) in [6.45, 7) is 3.58. The Kier molecular flexibility index (Phi) is 4.45. The summed E-state index contributed by atoms with van der Waals surface area (Å²) in [6.07, 6.45) is 1.23. The molecule has 0 aliphatic rings. The van der Waals surface area contributed by atoms with Gasteiger partial charge in [0.05, 0.1) is 18.4 Å². The van der Waals surface area contributed by atoms with Gasteiger partial charge in [-0.15, -0.1) is 0 Å². The second kappa shape index (κ2) is 5.85. The Morgan fingerprint density at radius 1 is 1.25 bits per heavy atom. The molecule has 1 aromatic carbocycles. The lowest BCUT2D eigenvalue weighted by atomic mass is 10.0. The van der Waals surface area contributed by atoms with Crippen LogP contribution in [0.5, 0.6) is 0 Å². The lowest BCUT2D eigenvalue weighted by Crippen LogP contribution is -2.11. The van der Waals surface area contributed by atoms with Gasteiger partial charge in [0.2, 0.25) is 0 Å². The lowest BCUT2D eigenvalue weighted by Gasteiger charge is -2.03. The van der Waals surface area contributed by atoms with Crippen molar-refractivity contribution in [1.29, 1.82) is 0 Å². The summed E-state index contributed by atoms with van der Waals surface area (Å²) in [4.78, 5) is 23.2. The SMILES string of the molecule is CCO/C=C(\C(C)=O)C(=O)c1ccccc1. The number of rotatable bonds is 5. The van der Waals surface area contributed by atoms with Crippen molar-refractivity contribution in [2.75, 3.05) is 6.61 Å². The van der Waals surface area contributed by atoms with Crippen molar-refractivity contribution in [1.82, 2.24) is 0 Å². The Morgan fingerprint density at radius 3 is 2.38 bits per heavy atom. The molecule has 84 valence electrons. The van der Waals surface area contributed by atoms with Crippen LogP contribution in [0.3, 0.4) is 0 Å². The van der Waals surface area contributed by atoms with Crippen molar-refractivity contribution in [3.63, 3.8) is 0 Å². The third-order valence-electron chi connectivity index (χ3n) is 2.03. The van der Waals surface area contributed by atoms with Crippen molar-refractivity contribution in [3.8, 4) is 0 Å². The maximum Gasteiger partial charge on any atom is 0.199 e. The van der Waals surface area contributed by atoms with E-state index in [1.807, 2.05) is 6.07 Å². The molecule has 0 aromatic heterocycles. The monoisotopic (exact) mass is 218 g/mol. The van der Waals surface area contributed by atoms with Crippen LogP contribution in [-0.4, -0.2) is 18.2 Å². The van der Waals surface area contributed by atoms with Crippen LogP contribution < -0.4 is 0 Å². The van der Waals surface area contributed by atoms with Crippen LogP contribution >= 0.6 is 0 Å². The molecule has 0 aliphatic carbocycles. The van der Waals surface area contributed by atoms with Gasteiger partial charge in [0.1, 0.15) is 0 Å².